The molecule has 1 aliphatic heterocycles. The van der Waals surface area contributed by atoms with Gasteiger partial charge in [0.2, 0.25) is 0 Å². The normalized spacial score (nSPS) is 26.1. The van der Waals surface area contributed by atoms with Crippen molar-refractivity contribution < 1.29 is 61.1 Å². The second-order valence-electron chi connectivity index (χ2n) is 5.62. The second kappa shape index (κ2) is 9.04. The SMILES string of the molecule is Nc1nc(=O)n(C2CC(O)C(COP(=O)([O-])OP(=O)([O-])OP(=O)([O-])[O-])O2)cc1C=O. The zero-order valence-electron chi connectivity index (χ0n) is 14.4. The van der Waals surface area contributed by atoms with E-state index in [4.69, 9.17) is 10.5 Å². The molecule has 3 N–H and O–H groups in total. The molecule has 0 saturated carbocycles. The molecular formula is C10H12N3O14P3-4. The first kappa shape index (κ1) is 24.9. The van der Waals surface area contributed by atoms with Gasteiger partial charge in [0.05, 0.1) is 26.1 Å². The minimum Gasteiger partial charge on any atom is -0.790 e. The highest BCUT2D eigenvalue weighted by Crippen LogP contribution is 2.60. The summed E-state index contributed by atoms with van der Waals surface area (Å²) in [6.07, 6.45) is -3.09. The smallest absolute Gasteiger partial charge is 0.351 e. The largest absolute Gasteiger partial charge is 0.790 e. The van der Waals surface area contributed by atoms with Crippen molar-refractivity contribution in [1.29, 1.82) is 0 Å². The number of phosphoric acid groups is 3. The van der Waals surface area contributed by atoms with Crippen molar-refractivity contribution in [3.8, 4) is 0 Å². The van der Waals surface area contributed by atoms with Crippen LogP contribution in [0.5, 0.6) is 0 Å². The van der Waals surface area contributed by atoms with Gasteiger partial charge < -0.3 is 44.2 Å². The fourth-order valence-corrected chi connectivity index (χ4v) is 5.14. The van der Waals surface area contributed by atoms with Crippen LogP contribution >= 0.6 is 23.5 Å². The number of carbonyl (C=O) groups is 1. The molecule has 1 saturated heterocycles. The third-order valence-corrected chi connectivity index (χ3v) is 7.11. The summed E-state index contributed by atoms with van der Waals surface area (Å²) in [6, 6.07) is 0. The number of phosphoric ester groups is 1. The maximum Gasteiger partial charge on any atom is 0.351 e. The summed E-state index contributed by atoms with van der Waals surface area (Å²) in [4.78, 5) is 69.3. The Kier molecular flexibility index (Phi) is 7.52. The summed E-state index contributed by atoms with van der Waals surface area (Å²) in [7, 11) is -18.1. The van der Waals surface area contributed by atoms with Gasteiger partial charge in [-0.2, -0.15) is 4.98 Å². The van der Waals surface area contributed by atoms with E-state index in [0.29, 0.717) is 6.29 Å². The van der Waals surface area contributed by atoms with E-state index in [-0.39, 0.29) is 17.8 Å². The first-order valence-electron chi connectivity index (χ1n) is 7.51. The standard InChI is InChI=1S/C10H16N3O14P3/c11-9-5(3-14)2-13(10(16)12-9)8-1-6(15)7(25-8)4-24-29(20,21)27-30(22,23)26-28(17,18)19/h2-3,6-8,15H,1,4H2,(H,20,21)(H,22,23)(H2,11,12,16)(H2,17,18,19)/p-4. The summed E-state index contributed by atoms with van der Waals surface area (Å²) < 4.78 is 49.4. The Hall–Kier alpha value is -1.32. The Morgan fingerprint density at radius 3 is 2.47 bits per heavy atom. The molecule has 0 amide bonds. The molecule has 20 heteroatoms. The maximum atomic E-state index is 11.9. The van der Waals surface area contributed by atoms with Gasteiger partial charge in [-0.25, -0.2) is 9.11 Å². The minimum atomic E-state index is -6.13. The fraction of sp³-hybridized carbons (Fsp3) is 0.500. The highest BCUT2D eigenvalue weighted by atomic mass is 31.3. The molecule has 17 nitrogen and oxygen atoms in total. The van der Waals surface area contributed by atoms with Crippen molar-refractivity contribution in [1.82, 2.24) is 9.55 Å². The Morgan fingerprint density at radius 1 is 1.27 bits per heavy atom. The third kappa shape index (κ3) is 6.85. The van der Waals surface area contributed by atoms with Gasteiger partial charge >= 0.3 is 5.69 Å². The molecule has 2 heterocycles. The monoisotopic (exact) mass is 491 g/mol. The van der Waals surface area contributed by atoms with Gasteiger partial charge in [-0.05, 0) is 0 Å². The fourth-order valence-electron chi connectivity index (χ4n) is 2.28. The van der Waals surface area contributed by atoms with Crippen LogP contribution < -0.4 is 31.0 Å². The number of ether oxygens (including phenoxy) is 1. The van der Waals surface area contributed by atoms with Gasteiger partial charge in [-0.1, -0.05) is 0 Å². The molecular weight excluding hydrogens is 479 g/mol. The Balaban J connectivity index is 2.05. The van der Waals surface area contributed by atoms with Gasteiger partial charge in [0.15, 0.2) is 6.29 Å². The Bertz CT molecular complexity index is 1010. The molecule has 5 atom stereocenters. The lowest BCUT2D eigenvalue weighted by Gasteiger charge is -2.37. The van der Waals surface area contributed by atoms with Gasteiger partial charge in [-0.15, -0.1) is 0 Å². The first-order valence-corrected chi connectivity index (χ1v) is 11.9. The van der Waals surface area contributed by atoms with Crippen molar-refractivity contribution in [2.24, 2.45) is 0 Å². The van der Waals surface area contributed by atoms with E-state index >= 15 is 0 Å². The number of aliphatic hydroxyl groups is 1. The van der Waals surface area contributed by atoms with E-state index in [1.54, 1.807) is 0 Å². The van der Waals surface area contributed by atoms with E-state index in [9.17, 15) is 48.0 Å². The highest BCUT2D eigenvalue weighted by molar-refractivity contribution is 7.64. The molecule has 0 aliphatic carbocycles. The van der Waals surface area contributed by atoms with Crippen LogP contribution in [0.2, 0.25) is 0 Å². The predicted octanol–water partition coefficient (Wildman–Crippen LogP) is -3.90. The lowest BCUT2D eigenvalue weighted by molar-refractivity contribution is -0.339. The van der Waals surface area contributed by atoms with Gasteiger partial charge in [0, 0.05) is 12.6 Å². The Labute approximate surface area is 166 Å². The summed E-state index contributed by atoms with van der Waals surface area (Å²) in [6.45, 7) is -1.04. The zero-order chi connectivity index (χ0) is 22.9. The zero-order valence-corrected chi connectivity index (χ0v) is 17.1. The summed E-state index contributed by atoms with van der Waals surface area (Å²) >= 11 is 0. The van der Waals surface area contributed by atoms with Gasteiger partial charge in [-0.3, -0.25) is 22.8 Å². The van der Waals surface area contributed by atoms with E-state index < -0.39 is 54.2 Å². The number of rotatable bonds is 9. The van der Waals surface area contributed by atoms with Crippen LogP contribution in [0.3, 0.4) is 0 Å². The number of anilines is 1. The number of nitrogen functional groups attached to an aromatic ring is 1. The van der Waals surface area contributed by atoms with Crippen molar-refractivity contribution >= 4 is 35.6 Å². The lowest BCUT2D eigenvalue weighted by atomic mass is 10.2. The number of aliphatic hydroxyl groups excluding tert-OH is 1. The van der Waals surface area contributed by atoms with Crippen LogP contribution in [-0.2, 0) is 31.6 Å². The minimum absolute atomic E-state index is 0.162. The molecule has 170 valence electrons. The molecule has 2 rings (SSSR count). The molecule has 1 aromatic heterocycles. The lowest BCUT2D eigenvalue weighted by Crippen LogP contribution is -2.29. The molecule has 0 bridgehead atoms. The molecule has 30 heavy (non-hydrogen) atoms. The van der Waals surface area contributed by atoms with Crippen LogP contribution in [0.15, 0.2) is 11.0 Å². The number of aldehydes is 1. The number of carbonyl (C=O) groups excluding carboxylic acids is 1. The van der Waals surface area contributed by atoms with E-state index in [1.165, 1.54) is 0 Å². The van der Waals surface area contributed by atoms with Gasteiger partial charge in [0.25, 0.3) is 15.6 Å². The van der Waals surface area contributed by atoms with Crippen molar-refractivity contribution in [2.45, 2.75) is 24.9 Å². The van der Waals surface area contributed by atoms with E-state index in [0.717, 1.165) is 10.8 Å². The Morgan fingerprint density at radius 2 is 1.90 bits per heavy atom. The van der Waals surface area contributed by atoms with Crippen molar-refractivity contribution in [3.63, 3.8) is 0 Å². The summed E-state index contributed by atoms with van der Waals surface area (Å²) in [5.74, 6) is -0.348. The third-order valence-electron chi connectivity index (χ3n) is 3.45. The summed E-state index contributed by atoms with van der Waals surface area (Å²) in [5, 5.41) is 9.95. The molecule has 0 radical (unpaired) electrons. The second-order valence-corrected chi connectivity index (χ2v) is 9.87. The van der Waals surface area contributed by atoms with Crippen LogP contribution in [0.1, 0.15) is 23.0 Å². The predicted molar refractivity (Wildman–Crippen MR) is 83.8 cm³/mol. The van der Waals surface area contributed by atoms with Crippen LogP contribution in [0.25, 0.3) is 0 Å². The van der Waals surface area contributed by atoms with Crippen LogP contribution in [-0.4, -0.2) is 39.8 Å². The number of nitrogens with zero attached hydrogens (tertiary/aromatic N) is 2. The summed E-state index contributed by atoms with van der Waals surface area (Å²) in [5.41, 5.74) is 4.27. The molecule has 5 unspecified atom stereocenters. The average molecular weight is 491 g/mol. The van der Waals surface area contributed by atoms with Crippen LogP contribution in [0, 0.1) is 0 Å². The van der Waals surface area contributed by atoms with E-state index in [1.807, 2.05) is 0 Å². The molecule has 1 aromatic rings. The first-order chi connectivity index (χ1) is 13.6. The number of aromatic nitrogens is 2. The number of nitrogens with two attached hydrogens (primary N) is 1. The topological polar surface area (TPSA) is 279 Å². The number of hydrogen-bond donors (Lipinski definition) is 2. The molecule has 0 spiro atoms. The van der Waals surface area contributed by atoms with Crippen molar-refractivity contribution in [2.75, 3.05) is 12.3 Å². The van der Waals surface area contributed by atoms with E-state index in [2.05, 4.69) is 18.1 Å². The average Bonchev–Trinajstić information content (AvgIpc) is 2.90. The quantitative estimate of drug-likeness (QED) is 0.246. The molecule has 1 fully saturated rings. The number of hydrogen-bond acceptors (Lipinski definition) is 16. The molecule has 1 aliphatic rings. The van der Waals surface area contributed by atoms with Crippen LogP contribution in [0.4, 0.5) is 5.82 Å². The molecule has 0 aromatic carbocycles. The van der Waals surface area contributed by atoms with Gasteiger partial charge in [0.1, 0.15) is 18.1 Å². The highest BCUT2D eigenvalue weighted by Gasteiger charge is 2.37. The maximum absolute atomic E-state index is 11.9. The van der Waals surface area contributed by atoms with Crippen molar-refractivity contribution in [3.05, 3.63) is 22.2 Å².